The molecule has 116 valence electrons. The number of nitrogens with two attached hydrogens (primary N) is 1. The van der Waals surface area contributed by atoms with Crippen molar-refractivity contribution in [2.24, 2.45) is 11.7 Å². The first-order chi connectivity index (χ1) is 9.86. The molecule has 0 bridgehead atoms. The highest BCUT2D eigenvalue weighted by Gasteiger charge is 2.14. The maximum Gasteiger partial charge on any atom is 0.253 e. The van der Waals surface area contributed by atoms with Gasteiger partial charge in [-0.05, 0) is 24.5 Å². The minimum Gasteiger partial charge on any atom is -0.342 e. The number of carbonyl (C=O) groups excluding carboxylic acids is 2. The van der Waals surface area contributed by atoms with Crippen LogP contribution in [0.5, 0.6) is 0 Å². The van der Waals surface area contributed by atoms with Gasteiger partial charge in [-0.1, -0.05) is 32.9 Å². The maximum absolute atomic E-state index is 12.3. The molecule has 0 heterocycles. The predicted molar refractivity (Wildman–Crippen MR) is 85.5 cm³/mol. The first-order valence-electron chi connectivity index (χ1n) is 7.51. The summed E-state index contributed by atoms with van der Waals surface area (Å²) in [7, 11) is 1.78. The maximum atomic E-state index is 12.3. The highest BCUT2D eigenvalue weighted by atomic mass is 16.2. The van der Waals surface area contributed by atoms with Crippen molar-refractivity contribution < 1.29 is 9.59 Å². The zero-order valence-corrected chi connectivity index (χ0v) is 13.4. The van der Waals surface area contributed by atoms with Gasteiger partial charge in [-0.2, -0.15) is 0 Å². The van der Waals surface area contributed by atoms with Crippen molar-refractivity contribution in [3.63, 3.8) is 0 Å². The quantitative estimate of drug-likeness (QED) is 0.785. The molecule has 1 amide bonds. The summed E-state index contributed by atoms with van der Waals surface area (Å²) in [6.45, 7) is 6.62. The molecule has 0 radical (unpaired) electrons. The van der Waals surface area contributed by atoms with Gasteiger partial charge in [0.05, 0.1) is 0 Å². The van der Waals surface area contributed by atoms with Crippen LogP contribution in [-0.2, 0) is 0 Å². The summed E-state index contributed by atoms with van der Waals surface area (Å²) in [5.41, 5.74) is 7.25. The average molecular weight is 290 g/mol. The summed E-state index contributed by atoms with van der Waals surface area (Å²) in [6.07, 6.45) is 1.26. The molecule has 1 aromatic carbocycles. The fourth-order valence-electron chi connectivity index (χ4n) is 2.00. The van der Waals surface area contributed by atoms with Crippen LogP contribution in [0.2, 0.25) is 0 Å². The van der Waals surface area contributed by atoms with Gasteiger partial charge in [0.2, 0.25) is 0 Å². The SMILES string of the molecule is CCC(=O)c1ccc(C(=O)N(C)CCC(N)C(C)C)cc1. The lowest BCUT2D eigenvalue weighted by Gasteiger charge is -2.21. The Hall–Kier alpha value is -1.68. The number of benzene rings is 1. The lowest BCUT2D eigenvalue weighted by Crippen LogP contribution is -2.34. The zero-order valence-electron chi connectivity index (χ0n) is 13.4. The molecule has 0 saturated heterocycles. The minimum atomic E-state index is -0.0403. The Labute approximate surface area is 127 Å². The van der Waals surface area contributed by atoms with Crippen LogP contribution in [0, 0.1) is 5.92 Å². The van der Waals surface area contributed by atoms with E-state index in [2.05, 4.69) is 13.8 Å². The molecule has 0 saturated carbocycles. The Kier molecular flexibility index (Phi) is 6.56. The second-order valence-corrected chi connectivity index (χ2v) is 5.78. The van der Waals surface area contributed by atoms with Gasteiger partial charge in [0.1, 0.15) is 0 Å². The minimum absolute atomic E-state index is 0.0403. The van der Waals surface area contributed by atoms with E-state index in [1.807, 2.05) is 6.92 Å². The Balaban J connectivity index is 2.64. The van der Waals surface area contributed by atoms with Crippen LogP contribution in [0.4, 0.5) is 0 Å². The molecule has 4 heteroatoms. The summed E-state index contributed by atoms with van der Waals surface area (Å²) in [6, 6.07) is 6.96. The van der Waals surface area contributed by atoms with Crippen molar-refractivity contribution in [3.8, 4) is 0 Å². The highest BCUT2D eigenvalue weighted by molar-refractivity contribution is 5.98. The van der Waals surface area contributed by atoms with E-state index in [4.69, 9.17) is 5.73 Å². The Morgan fingerprint density at radius 3 is 2.14 bits per heavy atom. The average Bonchev–Trinajstić information content (AvgIpc) is 2.50. The topological polar surface area (TPSA) is 63.4 Å². The molecule has 0 spiro atoms. The van der Waals surface area contributed by atoms with Gasteiger partial charge >= 0.3 is 0 Å². The smallest absolute Gasteiger partial charge is 0.253 e. The number of ketones is 1. The third kappa shape index (κ3) is 4.97. The first-order valence-corrected chi connectivity index (χ1v) is 7.51. The van der Waals surface area contributed by atoms with Crippen LogP contribution in [-0.4, -0.2) is 36.2 Å². The molecule has 1 aromatic rings. The fourth-order valence-corrected chi connectivity index (χ4v) is 2.00. The van der Waals surface area contributed by atoms with Gasteiger partial charge in [-0.3, -0.25) is 9.59 Å². The lowest BCUT2D eigenvalue weighted by atomic mass is 10.0. The summed E-state index contributed by atoms with van der Waals surface area (Å²) >= 11 is 0. The first kappa shape index (κ1) is 17.4. The lowest BCUT2D eigenvalue weighted by molar-refractivity contribution is 0.0788. The van der Waals surface area contributed by atoms with Crippen molar-refractivity contribution in [2.45, 2.75) is 39.7 Å². The molecule has 1 atom stereocenters. The second-order valence-electron chi connectivity index (χ2n) is 5.78. The van der Waals surface area contributed by atoms with E-state index in [1.165, 1.54) is 0 Å². The molecule has 0 aromatic heterocycles. The Morgan fingerprint density at radius 2 is 1.67 bits per heavy atom. The van der Waals surface area contributed by atoms with Gasteiger partial charge in [0.25, 0.3) is 5.91 Å². The van der Waals surface area contributed by atoms with Crippen LogP contribution in [0.3, 0.4) is 0 Å². The number of carbonyl (C=O) groups is 2. The van der Waals surface area contributed by atoms with Crippen molar-refractivity contribution in [2.75, 3.05) is 13.6 Å². The van der Waals surface area contributed by atoms with Gasteiger partial charge in [0.15, 0.2) is 5.78 Å². The Morgan fingerprint density at radius 1 is 1.14 bits per heavy atom. The molecule has 0 aliphatic carbocycles. The molecule has 1 unspecified atom stereocenters. The van der Waals surface area contributed by atoms with Crippen LogP contribution in [0.1, 0.15) is 54.3 Å². The summed E-state index contributed by atoms with van der Waals surface area (Å²) < 4.78 is 0. The number of rotatable bonds is 7. The van der Waals surface area contributed by atoms with Gasteiger partial charge < -0.3 is 10.6 Å². The third-order valence-corrected chi connectivity index (χ3v) is 3.78. The van der Waals surface area contributed by atoms with E-state index in [0.29, 0.717) is 30.0 Å². The molecular formula is C17H26N2O2. The molecule has 2 N–H and O–H groups in total. The molecule has 21 heavy (non-hydrogen) atoms. The third-order valence-electron chi connectivity index (χ3n) is 3.78. The van der Waals surface area contributed by atoms with E-state index in [-0.39, 0.29) is 17.7 Å². The van der Waals surface area contributed by atoms with Gasteiger partial charge in [0, 0.05) is 37.2 Å². The molecular weight excluding hydrogens is 264 g/mol. The standard InChI is InChI=1S/C17H26N2O2/c1-5-16(20)13-6-8-14(9-7-13)17(21)19(4)11-10-15(18)12(2)3/h6-9,12,15H,5,10-11,18H2,1-4H3. The number of amides is 1. The van der Waals surface area contributed by atoms with E-state index in [9.17, 15) is 9.59 Å². The molecule has 0 aliphatic rings. The van der Waals surface area contributed by atoms with Crippen LogP contribution >= 0.6 is 0 Å². The van der Waals surface area contributed by atoms with Crippen LogP contribution in [0.25, 0.3) is 0 Å². The second kappa shape index (κ2) is 7.93. The van der Waals surface area contributed by atoms with E-state index in [1.54, 1.807) is 36.2 Å². The molecule has 0 fully saturated rings. The summed E-state index contributed by atoms with van der Waals surface area (Å²) in [5, 5.41) is 0. The summed E-state index contributed by atoms with van der Waals surface area (Å²) in [4.78, 5) is 25.5. The van der Waals surface area contributed by atoms with E-state index in [0.717, 1.165) is 6.42 Å². The van der Waals surface area contributed by atoms with E-state index >= 15 is 0 Å². The van der Waals surface area contributed by atoms with E-state index < -0.39 is 0 Å². The fraction of sp³-hybridized carbons (Fsp3) is 0.529. The largest absolute Gasteiger partial charge is 0.342 e. The molecule has 1 rings (SSSR count). The van der Waals surface area contributed by atoms with Crippen molar-refractivity contribution in [1.29, 1.82) is 0 Å². The monoisotopic (exact) mass is 290 g/mol. The van der Waals surface area contributed by atoms with Crippen LogP contribution < -0.4 is 5.73 Å². The number of Topliss-reactive ketones (excluding diaryl/α,β-unsaturated/α-hetero) is 1. The zero-order chi connectivity index (χ0) is 16.0. The van der Waals surface area contributed by atoms with Gasteiger partial charge in [-0.25, -0.2) is 0 Å². The van der Waals surface area contributed by atoms with Crippen molar-refractivity contribution in [1.82, 2.24) is 4.90 Å². The summed E-state index contributed by atoms with van der Waals surface area (Å²) in [5.74, 6) is 0.458. The number of hydrogen-bond donors (Lipinski definition) is 1. The number of nitrogens with zero attached hydrogens (tertiary/aromatic N) is 1. The van der Waals surface area contributed by atoms with Gasteiger partial charge in [-0.15, -0.1) is 0 Å². The number of hydrogen-bond acceptors (Lipinski definition) is 3. The van der Waals surface area contributed by atoms with Crippen molar-refractivity contribution >= 4 is 11.7 Å². The van der Waals surface area contributed by atoms with Crippen LogP contribution in [0.15, 0.2) is 24.3 Å². The highest BCUT2D eigenvalue weighted by Crippen LogP contribution is 2.10. The van der Waals surface area contributed by atoms with Crippen molar-refractivity contribution in [3.05, 3.63) is 35.4 Å². The Bertz CT molecular complexity index is 480. The molecule has 0 aliphatic heterocycles. The predicted octanol–water partition coefficient (Wildman–Crippen LogP) is 2.72. The normalized spacial score (nSPS) is 12.3. The molecule has 4 nitrogen and oxygen atoms in total.